The van der Waals surface area contributed by atoms with Crippen molar-refractivity contribution in [3.63, 3.8) is 0 Å². The number of aliphatic hydroxyl groups excluding tert-OH is 2. The van der Waals surface area contributed by atoms with E-state index in [-0.39, 0.29) is 104 Å². The van der Waals surface area contributed by atoms with Gasteiger partial charge in [0.1, 0.15) is 5.41 Å². The molecule has 621 valence electrons. The van der Waals surface area contributed by atoms with Crippen LogP contribution in [0.1, 0.15) is 83.6 Å². The Hall–Kier alpha value is -12.2. The Morgan fingerprint density at radius 1 is 0.371 bits per heavy atom. The van der Waals surface area contributed by atoms with Crippen LogP contribution in [0.5, 0.6) is 0 Å². The number of carbonyl (C=O) groups is 2. The molecule has 0 bridgehead atoms. The SMILES string of the molecule is CC(=O)C=C(C)O.CC(=O)C=C(C)O.Cc1cc2ccccc2nc1-c1[c-]cccc1.Cc1cc[c-]c(-c2ccc3ccc(C)cc3n2)c1.Cc1ccc2c(c1)c1ccc[c-]c1c1ncc(-c3c(C)cccc3C)n21.[Ir].[Ir].[Ir].[Pt+2].[c-]1ccccc1-c1nc(C2(c3cc4ccccc4c(-c4[c-]cccc4)n3)c3ccccc3-c3ccccc32)cc2ccccc12. The van der Waals surface area contributed by atoms with E-state index in [4.69, 9.17) is 35.1 Å². The van der Waals surface area contributed by atoms with Crippen LogP contribution in [0.3, 0.4) is 0 Å². The zero-order chi connectivity index (χ0) is 83.6. The first-order valence-corrected chi connectivity index (χ1v) is 40.0. The van der Waals surface area contributed by atoms with Gasteiger partial charge in [-0.05, 0) is 192 Å². The first kappa shape index (κ1) is 92.5. The van der Waals surface area contributed by atoms with Gasteiger partial charge >= 0.3 is 21.1 Å². The maximum Gasteiger partial charge on any atom is 2.00 e. The van der Waals surface area contributed by atoms with Crippen molar-refractivity contribution < 1.29 is 101 Å². The summed E-state index contributed by atoms with van der Waals surface area (Å²) in [5, 5.41) is 27.1. The van der Waals surface area contributed by atoms with E-state index in [9.17, 15) is 9.59 Å². The first-order valence-electron chi connectivity index (χ1n) is 40.0. The maximum absolute atomic E-state index is 10.0. The number of hydrogen-bond donors (Lipinski definition) is 2. The average Bonchev–Trinajstić information content (AvgIpc) is 1.51. The molecule has 0 amide bonds. The van der Waals surface area contributed by atoms with E-state index in [0.29, 0.717) is 0 Å². The average molecular weight is 2330 g/mol. The van der Waals surface area contributed by atoms with Gasteiger partial charge in [-0.15, -0.1) is 173 Å². The van der Waals surface area contributed by atoms with E-state index in [1.807, 2.05) is 85.1 Å². The van der Waals surface area contributed by atoms with Crippen molar-refractivity contribution in [3.8, 4) is 67.4 Å². The normalized spacial score (nSPS) is 11.5. The Labute approximate surface area is 779 Å². The predicted molar refractivity (Wildman–Crippen MR) is 492 cm³/mol. The van der Waals surface area contributed by atoms with E-state index in [1.54, 1.807) is 0 Å². The number of benzene rings is 13. The summed E-state index contributed by atoms with van der Waals surface area (Å²) in [6.45, 7) is 18.4. The van der Waals surface area contributed by atoms with Gasteiger partial charge in [-0.2, -0.15) is 0 Å². The second-order valence-corrected chi connectivity index (χ2v) is 30.2. The summed E-state index contributed by atoms with van der Waals surface area (Å²) >= 11 is 0. The van der Waals surface area contributed by atoms with Crippen molar-refractivity contribution in [2.45, 2.75) is 74.7 Å². The summed E-state index contributed by atoms with van der Waals surface area (Å²) in [4.78, 5) is 45.5. The van der Waals surface area contributed by atoms with Crippen LogP contribution >= 0.6 is 0 Å². The van der Waals surface area contributed by atoms with Crippen molar-refractivity contribution in [1.82, 2.24) is 29.3 Å². The number of hydrogen-bond acceptors (Lipinski definition) is 9. The number of imidazole rings is 1. The quantitative estimate of drug-likeness (QED) is 0.0625. The van der Waals surface area contributed by atoms with Crippen LogP contribution < -0.4 is 0 Å². The first-order chi connectivity index (χ1) is 58.3. The Bertz CT molecular complexity index is 6910. The summed E-state index contributed by atoms with van der Waals surface area (Å²) in [6, 6.07) is 126. The molecule has 6 heterocycles. The monoisotopic (exact) mass is 2330 g/mol. The van der Waals surface area contributed by atoms with Crippen molar-refractivity contribution in [2.24, 2.45) is 0 Å². The third kappa shape index (κ3) is 20.2. The van der Waals surface area contributed by atoms with Crippen LogP contribution in [0.4, 0.5) is 0 Å². The molecule has 0 aliphatic heterocycles. The van der Waals surface area contributed by atoms with Crippen molar-refractivity contribution in [1.29, 1.82) is 0 Å². The molecule has 0 saturated heterocycles. The van der Waals surface area contributed by atoms with E-state index in [2.05, 4.69) is 313 Å². The minimum Gasteiger partial charge on any atom is -0.512 e. The summed E-state index contributed by atoms with van der Waals surface area (Å²) in [5.41, 5.74) is 27.9. The largest absolute Gasteiger partial charge is 2.00 e. The van der Waals surface area contributed by atoms with Gasteiger partial charge in [-0.1, -0.05) is 199 Å². The predicted octanol–water partition coefficient (Wildman–Crippen LogP) is 26.5. The molecule has 124 heavy (non-hydrogen) atoms. The van der Waals surface area contributed by atoms with Crippen LogP contribution in [0.25, 0.3) is 138 Å². The molecule has 3 radical (unpaired) electrons. The van der Waals surface area contributed by atoms with Gasteiger partial charge in [-0.3, -0.25) is 34.5 Å². The molecular weight excluding hydrogens is 2240 g/mol. The van der Waals surface area contributed by atoms with E-state index >= 15 is 0 Å². The fraction of sp³-hybridized carbons (Fsp3) is 0.100. The molecule has 0 spiro atoms. The summed E-state index contributed by atoms with van der Waals surface area (Å²) in [6.07, 6.45) is 4.34. The maximum atomic E-state index is 10.0. The van der Waals surface area contributed by atoms with Gasteiger partial charge in [0, 0.05) is 89.7 Å². The van der Waals surface area contributed by atoms with Gasteiger partial charge in [0.2, 0.25) is 0 Å². The topological polar surface area (TPSA) is 143 Å². The number of nitrogens with zero attached hydrogens (tertiary/aromatic N) is 6. The standard InChI is InChI=1S/C43H26N2.C24H19N2.C17H14N.C16H12N.2C5H8O2.3Ir.Pt/c1-3-15-29(16-4-1)41-33-21-9-7-19-31(33)27-39(44-41)43(37-25-13-11-23-35(37)36-24-12-14-26-38(36)43)40-28-32-20-8-10-22-34(32)42(45-40)30-17-5-2-6-18-30;1-15-11-12-21-20(13-15)18-9-4-5-10-19(18)24-25-14-22(26(21)24)23-16(2)7-6-8-17(23)3;1-12-4-3-5-15(10-12)16-9-8-14-7-6-13(2)11-17(14)18-16;1-12-11-14-9-5-6-10-15(14)17-16(12)13-7-3-2-4-8-13;2*1-4(6)3-5(2)7;;;;/h1-15,17,19-28H;4-9,11-14H,1-3H3;3-4,6-11H,1-2H3;2-7,9-11H,1H3;2*3,6H,1-2H3;;;;/q-2;3*-1;;;;;;+2. The fourth-order valence-electron chi connectivity index (χ4n) is 16.0. The number of para-hydroxylation sites is 1. The summed E-state index contributed by atoms with van der Waals surface area (Å²) < 4.78 is 2.29. The number of fused-ring (bicyclic) bond motifs is 13. The minimum absolute atomic E-state index is 0. The second kappa shape index (κ2) is 41.8. The Morgan fingerprint density at radius 2 is 0.847 bits per heavy atom. The van der Waals surface area contributed by atoms with Gasteiger partial charge in [-0.25, -0.2) is 0 Å². The molecule has 0 saturated carbocycles. The number of aliphatic hydroxyl groups is 2. The van der Waals surface area contributed by atoms with Gasteiger partial charge in [0.15, 0.2) is 11.6 Å². The molecule has 19 aromatic rings. The number of pyridine rings is 5. The third-order valence-electron chi connectivity index (χ3n) is 21.2. The molecule has 1 aliphatic carbocycles. The summed E-state index contributed by atoms with van der Waals surface area (Å²) in [7, 11) is 0. The van der Waals surface area contributed by atoms with Gasteiger partial charge in [0.05, 0.1) is 45.3 Å². The zero-order valence-corrected chi connectivity index (χ0v) is 79.4. The molecule has 0 fully saturated rings. The molecule has 10 nitrogen and oxygen atoms in total. The Morgan fingerprint density at radius 3 is 1.39 bits per heavy atom. The van der Waals surface area contributed by atoms with Crippen molar-refractivity contribution in [2.75, 3.05) is 0 Å². The Balaban J connectivity index is 0.000000161. The summed E-state index contributed by atoms with van der Waals surface area (Å²) in [5.74, 6) is -0.125. The van der Waals surface area contributed by atoms with Crippen LogP contribution in [0.15, 0.2) is 345 Å². The molecule has 0 unspecified atom stereocenters. The van der Waals surface area contributed by atoms with E-state index in [0.717, 1.165) is 106 Å². The third-order valence-corrected chi connectivity index (χ3v) is 21.2. The second-order valence-electron chi connectivity index (χ2n) is 30.2. The molecule has 14 heteroatoms. The van der Waals surface area contributed by atoms with Crippen LogP contribution in [0.2, 0.25) is 0 Å². The van der Waals surface area contributed by atoms with E-state index in [1.165, 1.54) is 128 Å². The van der Waals surface area contributed by atoms with E-state index < -0.39 is 5.41 Å². The number of allylic oxidation sites excluding steroid dienone is 4. The van der Waals surface area contributed by atoms with Crippen molar-refractivity contribution in [3.05, 3.63) is 432 Å². The molecule has 20 rings (SSSR count). The number of rotatable bonds is 9. The molecule has 0 atom stereocenters. The van der Waals surface area contributed by atoms with Gasteiger partial charge < -0.3 is 14.6 Å². The smallest absolute Gasteiger partial charge is 0.512 e. The molecular formula is C110H87Ir3N6O4Pt-3. The molecule has 1 aliphatic rings. The minimum atomic E-state index is -0.770. The number of aromatic nitrogens is 6. The van der Waals surface area contributed by atoms with Crippen molar-refractivity contribution >= 4 is 82.2 Å². The van der Waals surface area contributed by atoms with Gasteiger partial charge in [0.25, 0.3) is 0 Å². The number of ketones is 2. The Kier molecular flexibility index (Phi) is 31.1. The molecule has 13 aromatic carbocycles. The van der Waals surface area contributed by atoms with Crippen LogP contribution in [-0.2, 0) is 96.4 Å². The fourth-order valence-corrected chi connectivity index (χ4v) is 16.0. The zero-order valence-electron chi connectivity index (χ0n) is 70.0. The molecule has 2 N–H and O–H groups in total. The van der Waals surface area contributed by atoms with Crippen LogP contribution in [0, 0.1) is 71.9 Å². The van der Waals surface area contributed by atoms with Crippen LogP contribution in [-0.4, -0.2) is 51.1 Å². The number of carbonyl (C=O) groups excluding carboxylic acids is 2. The number of aryl methyl sites for hydroxylation is 6. The molecule has 6 aromatic heterocycles.